The fourth-order valence-electron chi connectivity index (χ4n) is 2.11. The molecule has 1 N–H and O–H groups in total. The van der Waals surface area contributed by atoms with Crippen LogP contribution in [0.15, 0.2) is 54.6 Å². The summed E-state index contributed by atoms with van der Waals surface area (Å²) in [4.78, 5) is 11.9. The van der Waals surface area contributed by atoms with Crippen LogP contribution in [0.3, 0.4) is 0 Å². The molecule has 0 aliphatic heterocycles. The zero-order valence-electron chi connectivity index (χ0n) is 12.3. The lowest BCUT2D eigenvalue weighted by atomic mass is 9.95. The highest BCUT2D eigenvalue weighted by molar-refractivity contribution is 5.74. The minimum atomic E-state index is -5.01. The van der Waals surface area contributed by atoms with Crippen molar-refractivity contribution >= 4 is 5.97 Å². The molecule has 0 fully saturated rings. The van der Waals surface area contributed by atoms with E-state index in [1.807, 2.05) is 0 Å². The zero-order chi connectivity index (χ0) is 17.7. The molecule has 0 amide bonds. The normalized spacial score (nSPS) is 14.0. The van der Waals surface area contributed by atoms with Crippen molar-refractivity contribution in [2.24, 2.45) is 5.92 Å². The SMILES string of the molecule is O=C(OCc1ccccc1)[C@@H]([C@H](O)c1ccc(F)cc1)C(F)(F)F. The maximum absolute atomic E-state index is 13.2. The summed E-state index contributed by atoms with van der Waals surface area (Å²) in [7, 11) is 0. The summed E-state index contributed by atoms with van der Waals surface area (Å²) < 4.78 is 57.1. The molecule has 0 aliphatic rings. The van der Waals surface area contributed by atoms with Crippen molar-refractivity contribution in [2.45, 2.75) is 18.9 Å². The first-order chi connectivity index (χ1) is 11.3. The van der Waals surface area contributed by atoms with E-state index in [1.54, 1.807) is 30.3 Å². The molecule has 0 aliphatic carbocycles. The second kappa shape index (κ2) is 7.44. The summed E-state index contributed by atoms with van der Waals surface area (Å²) in [5, 5.41) is 9.93. The second-order valence-corrected chi connectivity index (χ2v) is 5.11. The number of ether oxygens (including phenoxy) is 1. The predicted molar refractivity (Wildman–Crippen MR) is 77.1 cm³/mol. The fourth-order valence-corrected chi connectivity index (χ4v) is 2.11. The lowest BCUT2D eigenvalue weighted by molar-refractivity contribution is -0.216. The summed E-state index contributed by atoms with van der Waals surface area (Å²) in [5.41, 5.74) is 0.290. The largest absolute Gasteiger partial charge is 0.460 e. The van der Waals surface area contributed by atoms with E-state index >= 15 is 0 Å². The number of hydrogen-bond donors (Lipinski definition) is 1. The van der Waals surface area contributed by atoms with Gasteiger partial charge in [-0.25, -0.2) is 4.39 Å². The van der Waals surface area contributed by atoms with Crippen LogP contribution in [0.1, 0.15) is 17.2 Å². The number of rotatable bonds is 5. The molecule has 0 saturated carbocycles. The van der Waals surface area contributed by atoms with Crippen LogP contribution in [0, 0.1) is 11.7 Å². The Morgan fingerprint density at radius 1 is 1.04 bits per heavy atom. The summed E-state index contributed by atoms with van der Waals surface area (Å²) in [6, 6.07) is 12.0. The van der Waals surface area contributed by atoms with Crippen molar-refractivity contribution in [3.8, 4) is 0 Å². The van der Waals surface area contributed by atoms with Crippen LogP contribution in [-0.4, -0.2) is 17.3 Å². The molecule has 0 unspecified atom stereocenters. The van der Waals surface area contributed by atoms with Gasteiger partial charge in [0.1, 0.15) is 18.5 Å². The molecule has 0 aromatic heterocycles. The molecule has 0 saturated heterocycles. The van der Waals surface area contributed by atoms with E-state index in [4.69, 9.17) is 4.74 Å². The third-order valence-corrected chi connectivity index (χ3v) is 3.36. The van der Waals surface area contributed by atoms with Gasteiger partial charge in [0.25, 0.3) is 0 Å². The van der Waals surface area contributed by atoms with Crippen LogP contribution in [0.2, 0.25) is 0 Å². The van der Waals surface area contributed by atoms with Gasteiger partial charge in [0, 0.05) is 0 Å². The molecule has 2 rings (SSSR count). The maximum Gasteiger partial charge on any atom is 0.405 e. The Kier molecular flexibility index (Phi) is 5.56. The van der Waals surface area contributed by atoms with E-state index in [-0.39, 0.29) is 12.2 Å². The summed E-state index contributed by atoms with van der Waals surface area (Å²) in [6.45, 7) is -0.345. The Balaban J connectivity index is 2.15. The second-order valence-electron chi connectivity index (χ2n) is 5.11. The number of hydrogen-bond acceptors (Lipinski definition) is 3. The van der Waals surface area contributed by atoms with Crippen LogP contribution in [0.4, 0.5) is 17.6 Å². The number of halogens is 4. The number of carbonyl (C=O) groups excluding carboxylic acids is 1. The maximum atomic E-state index is 13.2. The molecule has 0 spiro atoms. The quantitative estimate of drug-likeness (QED) is 0.664. The van der Waals surface area contributed by atoms with Crippen LogP contribution in [0.25, 0.3) is 0 Å². The van der Waals surface area contributed by atoms with E-state index in [0.29, 0.717) is 5.56 Å². The Morgan fingerprint density at radius 2 is 1.62 bits per heavy atom. The van der Waals surface area contributed by atoms with Crippen molar-refractivity contribution in [3.05, 3.63) is 71.5 Å². The van der Waals surface area contributed by atoms with Crippen molar-refractivity contribution in [1.82, 2.24) is 0 Å². The molecular formula is C17H14F4O3. The van der Waals surface area contributed by atoms with Crippen LogP contribution >= 0.6 is 0 Å². The molecule has 3 nitrogen and oxygen atoms in total. The Hall–Kier alpha value is -2.41. The van der Waals surface area contributed by atoms with E-state index in [1.165, 1.54) is 0 Å². The minimum Gasteiger partial charge on any atom is -0.460 e. The standard InChI is InChI=1S/C17H14F4O3/c18-13-8-6-12(7-9-13)15(22)14(17(19,20)21)16(23)24-10-11-4-2-1-3-5-11/h1-9,14-15,22H,10H2/t14-,15-/m1/s1. The lowest BCUT2D eigenvalue weighted by Gasteiger charge is -2.24. The molecule has 0 radical (unpaired) electrons. The molecule has 0 bridgehead atoms. The highest BCUT2D eigenvalue weighted by Crippen LogP contribution is 2.37. The van der Waals surface area contributed by atoms with Gasteiger partial charge >= 0.3 is 12.1 Å². The highest BCUT2D eigenvalue weighted by atomic mass is 19.4. The number of aliphatic hydroxyl groups is 1. The van der Waals surface area contributed by atoms with E-state index < -0.39 is 30.0 Å². The first-order valence-electron chi connectivity index (χ1n) is 7.00. The van der Waals surface area contributed by atoms with E-state index in [2.05, 4.69) is 0 Å². The van der Waals surface area contributed by atoms with Gasteiger partial charge in [-0.1, -0.05) is 42.5 Å². The van der Waals surface area contributed by atoms with Crippen LogP contribution in [-0.2, 0) is 16.1 Å². The van der Waals surface area contributed by atoms with Crippen molar-refractivity contribution < 1.29 is 32.2 Å². The van der Waals surface area contributed by atoms with Crippen molar-refractivity contribution in [1.29, 1.82) is 0 Å². The predicted octanol–water partition coefficient (Wildman–Crippen LogP) is 3.78. The van der Waals surface area contributed by atoms with Gasteiger partial charge in [-0.15, -0.1) is 0 Å². The van der Waals surface area contributed by atoms with Gasteiger partial charge < -0.3 is 9.84 Å². The van der Waals surface area contributed by atoms with E-state index in [0.717, 1.165) is 24.3 Å². The first kappa shape index (κ1) is 17.9. The number of esters is 1. The van der Waals surface area contributed by atoms with E-state index in [9.17, 15) is 27.5 Å². The molecule has 7 heteroatoms. The lowest BCUT2D eigenvalue weighted by Crippen LogP contribution is -2.37. The summed E-state index contributed by atoms with van der Waals surface area (Å²) >= 11 is 0. The number of carbonyl (C=O) groups is 1. The number of benzene rings is 2. The van der Waals surface area contributed by atoms with Crippen LogP contribution in [0.5, 0.6) is 0 Å². The van der Waals surface area contributed by atoms with Gasteiger partial charge in [-0.3, -0.25) is 4.79 Å². The van der Waals surface area contributed by atoms with Gasteiger partial charge in [0.15, 0.2) is 5.92 Å². The van der Waals surface area contributed by atoms with Gasteiger partial charge in [-0.05, 0) is 23.3 Å². The third kappa shape index (κ3) is 4.55. The average molecular weight is 342 g/mol. The molecule has 2 atom stereocenters. The number of aliphatic hydroxyl groups excluding tert-OH is 1. The first-order valence-corrected chi connectivity index (χ1v) is 7.00. The fraction of sp³-hybridized carbons (Fsp3) is 0.235. The molecular weight excluding hydrogens is 328 g/mol. The van der Waals surface area contributed by atoms with Gasteiger partial charge in [-0.2, -0.15) is 13.2 Å². The van der Waals surface area contributed by atoms with Crippen molar-refractivity contribution in [2.75, 3.05) is 0 Å². The average Bonchev–Trinajstić information content (AvgIpc) is 2.53. The number of alkyl halides is 3. The Labute approximate surface area is 135 Å². The third-order valence-electron chi connectivity index (χ3n) is 3.36. The minimum absolute atomic E-state index is 0.226. The van der Waals surface area contributed by atoms with Gasteiger partial charge in [0.05, 0.1) is 0 Å². The molecule has 2 aromatic carbocycles. The molecule has 2 aromatic rings. The summed E-state index contributed by atoms with van der Waals surface area (Å²) in [5.74, 6) is -5.02. The highest BCUT2D eigenvalue weighted by Gasteiger charge is 2.51. The Morgan fingerprint density at radius 3 is 2.17 bits per heavy atom. The van der Waals surface area contributed by atoms with Crippen LogP contribution < -0.4 is 0 Å². The zero-order valence-corrected chi connectivity index (χ0v) is 12.3. The smallest absolute Gasteiger partial charge is 0.405 e. The molecule has 0 heterocycles. The molecule has 24 heavy (non-hydrogen) atoms. The molecule has 128 valence electrons. The van der Waals surface area contributed by atoms with Gasteiger partial charge in [0.2, 0.25) is 0 Å². The monoisotopic (exact) mass is 342 g/mol. The Bertz CT molecular complexity index is 668. The topological polar surface area (TPSA) is 46.5 Å². The van der Waals surface area contributed by atoms with Crippen molar-refractivity contribution in [3.63, 3.8) is 0 Å². The summed E-state index contributed by atoms with van der Waals surface area (Å²) in [6.07, 6.45) is -7.20.